The van der Waals surface area contributed by atoms with Crippen LogP contribution < -0.4 is 11.1 Å². The minimum absolute atomic E-state index is 0.309. The molecule has 0 saturated carbocycles. The average Bonchev–Trinajstić information content (AvgIpc) is 2.39. The molecule has 0 aromatic heterocycles. The van der Waals surface area contributed by atoms with E-state index < -0.39 is 11.7 Å². The van der Waals surface area contributed by atoms with Crippen molar-refractivity contribution in [3.05, 3.63) is 52.5 Å². The van der Waals surface area contributed by atoms with Crippen LogP contribution in [0.25, 0.3) is 0 Å². The highest BCUT2D eigenvalue weighted by Crippen LogP contribution is 2.32. The first kappa shape index (κ1) is 15.8. The number of anilines is 2. The van der Waals surface area contributed by atoms with Crippen molar-refractivity contribution in [2.24, 2.45) is 0 Å². The number of hydrogen-bond acceptors (Lipinski definition) is 3. The number of carbonyl (C=O) groups is 1. The molecular weight excluding hydrogens is 362 g/mol. The molecule has 1 amide bonds. The molecule has 110 valence electrons. The highest BCUT2D eigenvalue weighted by Gasteiger charge is 2.13. The van der Waals surface area contributed by atoms with E-state index in [1.807, 2.05) is 0 Å². The topological polar surface area (TPSA) is 55.1 Å². The lowest BCUT2D eigenvalue weighted by Crippen LogP contribution is -2.13. The number of alkyl halides is 2. The van der Waals surface area contributed by atoms with Gasteiger partial charge in [0.15, 0.2) is 0 Å². The van der Waals surface area contributed by atoms with Crippen molar-refractivity contribution in [3.8, 4) is 0 Å². The maximum Gasteiger partial charge on any atom is 0.288 e. The standard InChI is InChI=1S/C14H11BrF2N2OS/c15-9-5-8(6-10(18)7-9)13(20)19-11-3-1-2-4-12(11)21-14(16)17/h1-7,14H,18H2,(H,19,20). The maximum atomic E-state index is 12.5. The Hall–Kier alpha value is -1.60. The van der Waals surface area contributed by atoms with Gasteiger partial charge in [0.2, 0.25) is 0 Å². The van der Waals surface area contributed by atoms with Gasteiger partial charge in [0, 0.05) is 20.6 Å². The van der Waals surface area contributed by atoms with Gasteiger partial charge in [-0.2, -0.15) is 8.78 Å². The molecule has 0 fully saturated rings. The largest absolute Gasteiger partial charge is 0.399 e. The van der Waals surface area contributed by atoms with Crippen LogP contribution in [0.4, 0.5) is 20.2 Å². The Morgan fingerprint density at radius 1 is 1.24 bits per heavy atom. The molecule has 2 aromatic carbocycles. The Kier molecular flexibility index (Phi) is 5.19. The van der Waals surface area contributed by atoms with E-state index in [0.29, 0.717) is 38.1 Å². The van der Waals surface area contributed by atoms with Crippen LogP contribution in [0.15, 0.2) is 51.8 Å². The third-order valence-electron chi connectivity index (χ3n) is 2.53. The summed E-state index contributed by atoms with van der Waals surface area (Å²) < 4.78 is 25.7. The quantitative estimate of drug-likeness (QED) is 0.609. The van der Waals surface area contributed by atoms with Crippen LogP contribution in [-0.2, 0) is 0 Å². The van der Waals surface area contributed by atoms with Crippen LogP contribution in [0.3, 0.4) is 0 Å². The molecular formula is C14H11BrF2N2OS. The zero-order valence-electron chi connectivity index (χ0n) is 10.6. The van der Waals surface area contributed by atoms with Gasteiger partial charge >= 0.3 is 0 Å². The van der Waals surface area contributed by atoms with Gasteiger partial charge in [-0.15, -0.1) is 0 Å². The second-order valence-corrected chi connectivity index (χ2v) is 6.05. The molecule has 3 nitrogen and oxygen atoms in total. The van der Waals surface area contributed by atoms with E-state index in [0.717, 1.165) is 0 Å². The zero-order valence-corrected chi connectivity index (χ0v) is 13.0. The Morgan fingerprint density at radius 2 is 1.95 bits per heavy atom. The second-order valence-electron chi connectivity index (χ2n) is 4.10. The van der Waals surface area contributed by atoms with Gasteiger partial charge in [-0.25, -0.2) is 0 Å². The van der Waals surface area contributed by atoms with Gasteiger partial charge in [-0.05, 0) is 30.3 Å². The van der Waals surface area contributed by atoms with Gasteiger partial charge < -0.3 is 11.1 Å². The number of nitrogens with one attached hydrogen (secondary N) is 1. The summed E-state index contributed by atoms with van der Waals surface area (Å²) in [5.74, 6) is -2.96. The Balaban J connectivity index is 2.23. The highest BCUT2D eigenvalue weighted by atomic mass is 79.9. The van der Waals surface area contributed by atoms with Gasteiger partial charge in [-0.1, -0.05) is 39.8 Å². The van der Waals surface area contributed by atoms with Crippen molar-refractivity contribution in [2.75, 3.05) is 11.1 Å². The van der Waals surface area contributed by atoms with Crippen LogP contribution in [0.5, 0.6) is 0 Å². The Labute approximate surface area is 133 Å². The number of carbonyl (C=O) groups excluding carboxylic acids is 1. The molecule has 0 saturated heterocycles. The fraction of sp³-hybridized carbons (Fsp3) is 0.0714. The minimum atomic E-state index is -2.55. The van der Waals surface area contributed by atoms with E-state index in [2.05, 4.69) is 21.2 Å². The first-order chi connectivity index (χ1) is 9.95. The van der Waals surface area contributed by atoms with E-state index in [9.17, 15) is 13.6 Å². The number of nitrogens with two attached hydrogens (primary N) is 1. The van der Waals surface area contributed by atoms with Crippen molar-refractivity contribution in [3.63, 3.8) is 0 Å². The molecule has 0 bridgehead atoms. The number of benzene rings is 2. The molecule has 0 unspecified atom stereocenters. The maximum absolute atomic E-state index is 12.5. The lowest BCUT2D eigenvalue weighted by molar-refractivity contribution is 0.102. The van der Waals surface area contributed by atoms with Crippen LogP contribution in [0, 0.1) is 0 Å². The summed E-state index contributed by atoms with van der Waals surface area (Å²) in [5, 5.41) is 2.62. The normalized spacial score (nSPS) is 10.7. The lowest BCUT2D eigenvalue weighted by atomic mass is 10.2. The van der Waals surface area contributed by atoms with Crippen molar-refractivity contribution < 1.29 is 13.6 Å². The number of nitrogen functional groups attached to an aromatic ring is 1. The highest BCUT2D eigenvalue weighted by molar-refractivity contribution is 9.10. The first-order valence-electron chi connectivity index (χ1n) is 5.87. The van der Waals surface area contributed by atoms with Crippen molar-refractivity contribution in [1.29, 1.82) is 0 Å². The molecule has 7 heteroatoms. The zero-order chi connectivity index (χ0) is 15.4. The van der Waals surface area contributed by atoms with Gasteiger partial charge in [0.1, 0.15) is 0 Å². The third-order valence-corrected chi connectivity index (χ3v) is 3.78. The van der Waals surface area contributed by atoms with Crippen LogP contribution in [0.2, 0.25) is 0 Å². The summed E-state index contributed by atoms with van der Waals surface area (Å²) >= 11 is 3.64. The average molecular weight is 373 g/mol. The SMILES string of the molecule is Nc1cc(Br)cc(C(=O)Nc2ccccc2SC(F)F)c1. The van der Waals surface area contributed by atoms with Crippen molar-refractivity contribution >= 4 is 45.0 Å². The van der Waals surface area contributed by atoms with E-state index in [1.165, 1.54) is 12.1 Å². The van der Waals surface area contributed by atoms with E-state index in [4.69, 9.17) is 5.73 Å². The lowest BCUT2D eigenvalue weighted by Gasteiger charge is -2.11. The molecule has 0 heterocycles. The summed E-state index contributed by atoms with van der Waals surface area (Å²) in [5.41, 5.74) is 6.79. The van der Waals surface area contributed by atoms with Crippen molar-refractivity contribution in [2.45, 2.75) is 10.7 Å². The number of amides is 1. The molecule has 0 spiro atoms. The molecule has 3 N–H and O–H groups in total. The second kappa shape index (κ2) is 6.91. The molecule has 0 aliphatic rings. The molecule has 0 radical (unpaired) electrons. The summed E-state index contributed by atoms with van der Waals surface area (Å²) in [4.78, 5) is 12.5. The minimum Gasteiger partial charge on any atom is -0.399 e. The van der Waals surface area contributed by atoms with Gasteiger partial charge in [-0.3, -0.25) is 4.79 Å². The van der Waals surface area contributed by atoms with Crippen LogP contribution in [-0.4, -0.2) is 11.7 Å². The summed E-state index contributed by atoms with van der Waals surface area (Å²) in [6, 6.07) is 11.2. The molecule has 2 rings (SSSR count). The Morgan fingerprint density at radius 3 is 2.62 bits per heavy atom. The van der Waals surface area contributed by atoms with E-state index in [-0.39, 0.29) is 0 Å². The molecule has 2 aromatic rings. The van der Waals surface area contributed by atoms with Gasteiger partial charge in [0.25, 0.3) is 11.7 Å². The molecule has 21 heavy (non-hydrogen) atoms. The predicted molar refractivity (Wildman–Crippen MR) is 84.8 cm³/mol. The van der Waals surface area contributed by atoms with Gasteiger partial charge in [0.05, 0.1) is 5.69 Å². The smallest absolute Gasteiger partial charge is 0.288 e. The fourth-order valence-corrected chi connectivity index (χ4v) is 2.81. The van der Waals surface area contributed by atoms with E-state index in [1.54, 1.807) is 30.3 Å². The molecule has 0 atom stereocenters. The monoisotopic (exact) mass is 372 g/mol. The number of para-hydroxylation sites is 1. The van der Waals surface area contributed by atoms with Crippen LogP contribution in [0.1, 0.15) is 10.4 Å². The number of halogens is 3. The summed E-state index contributed by atoms with van der Waals surface area (Å²) in [7, 11) is 0. The summed E-state index contributed by atoms with van der Waals surface area (Å²) in [6.07, 6.45) is 0. The predicted octanol–water partition coefficient (Wildman–Crippen LogP) is 4.60. The summed E-state index contributed by atoms with van der Waals surface area (Å²) in [6.45, 7) is 0. The number of hydrogen-bond donors (Lipinski definition) is 2. The Bertz CT molecular complexity index is 647. The van der Waals surface area contributed by atoms with E-state index >= 15 is 0 Å². The first-order valence-corrected chi connectivity index (χ1v) is 7.54. The molecule has 0 aliphatic heterocycles. The number of rotatable bonds is 4. The fourth-order valence-electron chi connectivity index (χ4n) is 1.71. The van der Waals surface area contributed by atoms with Crippen molar-refractivity contribution in [1.82, 2.24) is 0 Å². The third kappa shape index (κ3) is 4.44. The number of thioether (sulfide) groups is 1. The van der Waals surface area contributed by atoms with Crippen LogP contribution >= 0.6 is 27.7 Å². The molecule has 0 aliphatic carbocycles.